The van der Waals surface area contributed by atoms with Gasteiger partial charge in [0, 0.05) is 55.0 Å². The molecule has 6 heteroatoms. The summed E-state index contributed by atoms with van der Waals surface area (Å²) in [7, 11) is 0. The molecular formula is C40H24BrN5. The van der Waals surface area contributed by atoms with E-state index in [1.54, 1.807) is 0 Å². The summed E-state index contributed by atoms with van der Waals surface area (Å²) in [5.41, 5.74) is 8.58. The van der Waals surface area contributed by atoms with Gasteiger partial charge in [0.2, 0.25) is 0 Å². The number of hydrogen-bond acceptors (Lipinski definition) is 4. The molecule has 0 aliphatic carbocycles. The van der Waals surface area contributed by atoms with Crippen molar-refractivity contribution in [1.29, 1.82) is 0 Å². The van der Waals surface area contributed by atoms with E-state index in [0.29, 0.717) is 5.82 Å². The molecule has 0 N–H and O–H groups in total. The summed E-state index contributed by atoms with van der Waals surface area (Å²) in [5, 5.41) is 4.51. The fourth-order valence-electron chi connectivity index (χ4n) is 6.35. The van der Waals surface area contributed by atoms with E-state index in [1.165, 1.54) is 10.8 Å². The highest BCUT2D eigenvalue weighted by Gasteiger charge is 2.17. The van der Waals surface area contributed by atoms with Crippen LogP contribution in [-0.4, -0.2) is 24.5 Å². The lowest BCUT2D eigenvalue weighted by molar-refractivity contribution is 1.05. The summed E-state index contributed by atoms with van der Waals surface area (Å²) in [6.07, 6.45) is 1.82. The second-order valence-electron chi connectivity index (χ2n) is 11.3. The van der Waals surface area contributed by atoms with Crippen LogP contribution in [0.3, 0.4) is 0 Å². The third-order valence-corrected chi connectivity index (χ3v) is 8.93. The third-order valence-electron chi connectivity index (χ3n) is 8.48. The standard InChI is InChI=1S/C40H24BrN5/c41-30-22-28(33-19-18-26-17-16-25-11-8-20-42-38(25)39(26)43-33)21-29(23-30)34-24-37(45-40(44-34)27-9-2-1-3-10-27)46-35-14-6-4-12-31(35)32-13-5-7-15-36(32)46/h1-24H. The molecule has 0 spiro atoms. The van der Waals surface area contributed by atoms with Crippen molar-refractivity contribution in [2.45, 2.75) is 0 Å². The molecule has 9 aromatic rings. The van der Waals surface area contributed by atoms with Crippen molar-refractivity contribution in [3.8, 4) is 39.7 Å². The number of pyridine rings is 2. The molecule has 5 aromatic carbocycles. The van der Waals surface area contributed by atoms with Gasteiger partial charge in [-0.3, -0.25) is 9.55 Å². The lowest BCUT2D eigenvalue weighted by atomic mass is 10.0. The maximum absolute atomic E-state index is 5.16. The summed E-state index contributed by atoms with van der Waals surface area (Å²) >= 11 is 3.79. The summed E-state index contributed by atoms with van der Waals surface area (Å²) < 4.78 is 3.18. The Hall–Kier alpha value is -5.72. The van der Waals surface area contributed by atoms with E-state index < -0.39 is 0 Å². The van der Waals surface area contributed by atoms with Gasteiger partial charge in [-0.2, -0.15) is 0 Å². The first-order chi connectivity index (χ1) is 22.7. The molecule has 216 valence electrons. The largest absolute Gasteiger partial charge is 0.294 e. The molecular weight excluding hydrogens is 630 g/mol. The molecule has 0 unspecified atom stereocenters. The van der Waals surface area contributed by atoms with Gasteiger partial charge in [-0.1, -0.05) is 107 Å². The van der Waals surface area contributed by atoms with Crippen molar-refractivity contribution in [2.24, 2.45) is 0 Å². The van der Waals surface area contributed by atoms with Crippen molar-refractivity contribution in [2.75, 3.05) is 0 Å². The normalized spacial score (nSPS) is 11.6. The van der Waals surface area contributed by atoms with Crippen LogP contribution in [-0.2, 0) is 0 Å². The molecule has 4 heterocycles. The van der Waals surface area contributed by atoms with Crippen LogP contribution in [0.15, 0.2) is 150 Å². The van der Waals surface area contributed by atoms with Crippen molar-refractivity contribution in [3.05, 3.63) is 150 Å². The third kappa shape index (κ3) is 4.45. The van der Waals surface area contributed by atoms with Crippen LogP contribution < -0.4 is 0 Å². The van der Waals surface area contributed by atoms with Crippen LogP contribution >= 0.6 is 15.9 Å². The molecule has 0 amide bonds. The molecule has 0 radical (unpaired) electrons. The number of benzene rings is 5. The van der Waals surface area contributed by atoms with Crippen LogP contribution in [0, 0.1) is 0 Å². The molecule has 0 atom stereocenters. The topological polar surface area (TPSA) is 56.5 Å². The van der Waals surface area contributed by atoms with Crippen LogP contribution in [0.2, 0.25) is 0 Å². The van der Waals surface area contributed by atoms with Crippen molar-refractivity contribution in [3.63, 3.8) is 0 Å². The van der Waals surface area contributed by atoms with Gasteiger partial charge in [0.25, 0.3) is 0 Å². The van der Waals surface area contributed by atoms with Crippen molar-refractivity contribution >= 4 is 59.5 Å². The van der Waals surface area contributed by atoms with E-state index in [4.69, 9.17) is 15.0 Å². The van der Waals surface area contributed by atoms with Gasteiger partial charge in [0.05, 0.1) is 33.5 Å². The van der Waals surface area contributed by atoms with Crippen LogP contribution in [0.5, 0.6) is 0 Å². The fraction of sp³-hybridized carbons (Fsp3) is 0. The predicted octanol–water partition coefficient (Wildman–Crippen LogP) is 10.4. The molecule has 0 aliphatic heterocycles. The van der Waals surface area contributed by atoms with Gasteiger partial charge >= 0.3 is 0 Å². The summed E-state index contributed by atoms with van der Waals surface area (Å²) in [4.78, 5) is 20.1. The zero-order chi connectivity index (χ0) is 30.6. The van der Waals surface area contributed by atoms with E-state index in [1.807, 2.05) is 30.5 Å². The van der Waals surface area contributed by atoms with Gasteiger partial charge in [-0.25, -0.2) is 15.0 Å². The lowest BCUT2D eigenvalue weighted by Crippen LogP contribution is -2.02. The van der Waals surface area contributed by atoms with Gasteiger partial charge in [0.15, 0.2) is 5.82 Å². The Kier molecular flexibility index (Phi) is 6.21. The number of halogens is 1. The second kappa shape index (κ2) is 10.7. The quantitative estimate of drug-likeness (QED) is 0.177. The first-order valence-corrected chi connectivity index (χ1v) is 15.9. The summed E-state index contributed by atoms with van der Waals surface area (Å²) in [6.45, 7) is 0. The fourth-order valence-corrected chi connectivity index (χ4v) is 6.85. The number of nitrogens with zero attached hydrogens (tertiary/aromatic N) is 5. The van der Waals surface area contributed by atoms with E-state index in [0.717, 1.165) is 71.2 Å². The average Bonchev–Trinajstić information content (AvgIpc) is 3.46. The number of fused-ring (bicyclic) bond motifs is 6. The molecule has 0 saturated heterocycles. The second-order valence-corrected chi connectivity index (χ2v) is 12.2. The van der Waals surface area contributed by atoms with E-state index in [9.17, 15) is 0 Å². The van der Waals surface area contributed by atoms with Crippen molar-refractivity contribution in [1.82, 2.24) is 24.5 Å². The Bertz CT molecular complexity index is 2560. The van der Waals surface area contributed by atoms with Gasteiger partial charge < -0.3 is 0 Å². The van der Waals surface area contributed by atoms with Crippen LogP contribution in [0.25, 0.3) is 83.3 Å². The number of para-hydroxylation sites is 2. The minimum absolute atomic E-state index is 0.665. The first kappa shape index (κ1) is 26.7. The van der Waals surface area contributed by atoms with Crippen LogP contribution in [0.1, 0.15) is 0 Å². The maximum Gasteiger partial charge on any atom is 0.162 e. The van der Waals surface area contributed by atoms with E-state index in [2.05, 4.69) is 141 Å². The lowest BCUT2D eigenvalue weighted by Gasteiger charge is -2.13. The molecule has 0 bridgehead atoms. The molecule has 0 saturated carbocycles. The highest BCUT2D eigenvalue weighted by molar-refractivity contribution is 9.10. The Morgan fingerprint density at radius 1 is 0.478 bits per heavy atom. The average molecular weight is 655 g/mol. The highest BCUT2D eigenvalue weighted by Crippen LogP contribution is 2.35. The molecule has 0 fully saturated rings. The number of hydrogen-bond donors (Lipinski definition) is 0. The number of rotatable bonds is 4. The molecule has 5 nitrogen and oxygen atoms in total. The zero-order valence-electron chi connectivity index (χ0n) is 24.5. The van der Waals surface area contributed by atoms with Gasteiger partial charge in [-0.05, 0) is 42.5 Å². The Balaban J connectivity index is 1.27. The predicted molar refractivity (Wildman–Crippen MR) is 191 cm³/mol. The minimum atomic E-state index is 0.665. The Labute approximate surface area is 273 Å². The molecule has 9 rings (SSSR count). The van der Waals surface area contributed by atoms with E-state index in [-0.39, 0.29) is 0 Å². The Morgan fingerprint density at radius 2 is 1.13 bits per heavy atom. The SMILES string of the molecule is Brc1cc(-c2cc(-n3c4ccccc4c4ccccc43)nc(-c3ccccc3)n2)cc(-c2ccc3ccc4cccnc4c3n2)c1. The van der Waals surface area contributed by atoms with Crippen LogP contribution in [0.4, 0.5) is 0 Å². The smallest absolute Gasteiger partial charge is 0.162 e. The first-order valence-electron chi connectivity index (χ1n) is 15.1. The van der Waals surface area contributed by atoms with Crippen molar-refractivity contribution < 1.29 is 0 Å². The van der Waals surface area contributed by atoms with E-state index >= 15 is 0 Å². The molecule has 46 heavy (non-hydrogen) atoms. The monoisotopic (exact) mass is 653 g/mol. The zero-order valence-corrected chi connectivity index (χ0v) is 26.1. The Morgan fingerprint density at radius 3 is 1.89 bits per heavy atom. The summed E-state index contributed by atoms with van der Waals surface area (Å²) in [5.74, 6) is 1.47. The highest BCUT2D eigenvalue weighted by atomic mass is 79.9. The molecule has 0 aliphatic rings. The van der Waals surface area contributed by atoms with Gasteiger partial charge in [0.1, 0.15) is 5.82 Å². The maximum atomic E-state index is 5.16. The minimum Gasteiger partial charge on any atom is -0.294 e. The number of aromatic nitrogens is 5. The molecule has 4 aromatic heterocycles. The summed E-state index contributed by atoms with van der Waals surface area (Å²) in [6, 6.07) is 48.0. The van der Waals surface area contributed by atoms with Gasteiger partial charge in [-0.15, -0.1) is 0 Å².